The molecule has 0 heterocycles. The first-order chi connectivity index (χ1) is 19.3. The van der Waals surface area contributed by atoms with Gasteiger partial charge in [-0.15, -0.1) is 0 Å². The van der Waals surface area contributed by atoms with Gasteiger partial charge in [-0.2, -0.15) is 0 Å². The second-order valence-corrected chi connectivity index (χ2v) is 10.0. The van der Waals surface area contributed by atoms with Gasteiger partial charge in [0.15, 0.2) is 0 Å². The van der Waals surface area contributed by atoms with Gasteiger partial charge in [0.25, 0.3) is 0 Å². The summed E-state index contributed by atoms with van der Waals surface area (Å²) in [5.74, 6) is 0. The van der Waals surface area contributed by atoms with Crippen LogP contribution < -0.4 is 0 Å². The quantitative estimate of drug-likeness (QED) is 0.174. The van der Waals surface area contributed by atoms with Crippen LogP contribution in [0.4, 0.5) is 0 Å². The van der Waals surface area contributed by atoms with Crippen molar-refractivity contribution in [1.82, 2.24) is 0 Å². The highest BCUT2D eigenvalue weighted by atomic mass is 17.1. The summed E-state index contributed by atoms with van der Waals surface area (Å²) in [4.78, 5) is 9.67. The maximum Gasteiger partial charge on any atom is 0.107 e. The molecule has 6 aromatic carbocycles. The van der Waals surface area contributed by atoms with Crippen molar-refractivity contribution in [2.75, 3.05) is 0 Å². The Kier molecular flexibility index (Phi) is 5.76. The minimum Gasteiger partial charge on any atom is -0.251 e. The lowest BCUT2D eigenvalue weighted by Gasteiger charge is -2.38. The van der Waals surface area contributed by atoms with Gasteiger partial charge in [-0.3, -0.25) is 10.5 Å². The second kappa shape index (κ2) is 9.45. The minimum atomic E-state index is -0.795. The average molecular weight is 511 g/mol. The van der Waals surface area contributed by atoms with Gasteiger partial charge >= 0.3 is 0 Å². The van der Waals surface area contributed by atoms with Crippen LogP contribution in [0.3, 0.4) is 0 Å². The first-order valence-corrected chi connectivity index (χ1v) is 13.0. The molecule has 1 aliphatic carbocycles. The smallest absolute Gasteiger partial charge is 0.107 e. The summed E-state index contributed by atoms with van der Waals surface area (Å²) in [6.45, 7) is 0.0612. The van der Waals surface area contributed by atoms with E-state index in [-0.39, 0.29) is 13.2 Å². The Bertz CT molecular complexity index is 1720. The first kappa shape index (κ1) is 23.8. The molecule has 0 saturated heterocycles. The van der Waals surface area contributed by atoms with E-state index in [2.05, 4.69) is 97.1 Å². The van der Waals surface area contributed by atoms with Crippen molar-refractivity contribution >= 4 is 21.5 Å². The van der Waals surface area contributed by atoms with Crippen LogP contribution in [0.1, 0.15) is 33.4 Å². The maximum atomic E-state index is 9.76. The second-order valence-electron chi connectivity index (χ2n) is 10.0. The third-order valence-electron chi connectivity index (χ3n) is 8.17. The average Bonchev–Trinajstić information content (AvgIpc) is 3.28. The summed E-state index contributed by atoms with van der Waals surface area (Å²) in [7, 11) is 0. The molecule has 0 aromatic heterocycles. The Hall–Kier alpha value is -4.32. The fraction of sp³-hybridized carbons (Fsp3) is 0.0857. The van der Waals surface area contributed by atoms with Gasteiger partial charge in [-0.1, -0.05) is 121 Å². The Morgan fingerprint density at radius 2 is 0.872 bits per heavy atom. The van der Waals surface area contributed by atoms with E-state index in [0.29, 0.717) is 0 Å². The number of hydrogen-bond donors (Lipinski definition) is 2. The molecule has 2 N–H and O–H groups in total. The lowest BCUT2D eigenvalue weighted by atomic mass is 9.63. The summed E-state index contributed by atoms with van der Waals surface area (Å²) in [5.41, 5.74) is 7.63. The molecule has 4 heteroatoms. The zero-order chi connectivity index (χ0) is 26.4. The Morgan fingerprint density at radius 3 is 1.33 bits per heavy atom. The van der Waals surface area contributed by atoms with Gasteiger partial charge in [-0.05, 0) is 66.1 Å². The molecule has 0 radical (unpaired) electrons. The molecule has 1 aliphatic rings. The fourth-order valence-electron chi connectivity index (χ4n) is 6.80. The number of benzene rings is 6. The predicted octanol–water partition coefficient (Wildman–Crippen LogP) is 8.34. The van der Waals surface area contributed by atoms with E-state index in [1.807, 2.05) is 24.3 Å². The van der Waals surface area contributed by atoms with Crippen molar-refractivity contribution in [1.29, 1.82) is 0 Å². The van der Waals surface area contributed by atoms with Crippen molar-refractivity contribution in [3.05, 3.63) is 155 Å². The first-order valence-electron chi connectivity index (χ1n) is 13.0. The molecule has 0 fully saturated rings. The van der Waals surface area contributed by atoms with E-state index in [0.717, 1.165) is 66.1 Å². The number of rotatable bonds is 6. The molecule has 0 bridgehead atoms. The summed E-state index contributed by atoms with van der Waals surface area (Å²) < 4.78 is 0. The molecule has 7 rings (SSSR count). The highest BCUT2D eigenvalue weighted by Gasteiger charge is 2.49. The van der Waals surface area contributed by atoms with E-state index in [9.17, 15) is 10.5 Å². The lowest BCUT2D eigenvalue weighted by Crippen LogP contribution is -2.32. The highest BCUT2D eigenvalue weighted by molar-refractivity contribution is 5.99. The largest absolute Gasteiger partial charge is 0.251 e. The van der Waals surface area contributed by atoms with Crippen LogP contribution in [-0.4, -0.2) is 10.5 Å². The van der Waals surface area contributed by atoms with E-state index in [1.54, 1.807) is 0 Å². The molecule has 6 aromatic rings. The van der Waals surface area contributed by atoms with Gasteiger partial charge in [0.1, 0.15) is 13.2 Å². The molecule has 0 spiro atoms. The fourth-order valence-corrected chi connectivity index (χ4v) is 6.80. The van der Waals surface area contributed by atoms with Gasteiger partial charge in [0.05, 0.1) is 5.41 Å². The predicted molar refractivity (Wildman–Crippen MR) is 154 cm³/mol. The summed E-state index contributed by atoms with van der Waals surface area (Å²) >= 11 is 0. The third kappa shape index (κ3) is 3.40. The molecule has 0 aliphatic heterocycles. The topological polar surface area (TPSA) is 58.9 Å². The van der Waals surface area contributed by atoms with Crippen LogP contribution >= 0.6 is 0 Å². The summed E-state index contributed by atoms with van der Waals surface area (Å²) in [6.07, 6.45) is 0. The molecule has 0 saturated carbocycles. The highest BCUT2D eigenvalue weighted by Crippen LogP contribution is 2.59. The molecule has 0 amide bonds. The normalized spacial score (nSPS) is 13.5. The van der Waals surface area contributed by atoms with Gasteiger partial charge in [0.2, 0.25) is 0 Å². The van der Waals surface area contributed by atoms with Crippen LogP contribution in [0.25, 0.3) is 32.7 Å². The molecule has 0 atom stereocenters. The van der Waals surface area contributed by atoms with E-state index in [4.69, 9.17) is 9.78 Å². The number of hydrogen-bond acceptors (Lipinski definition) is 4. The zero-order valence-corrected chi connectivity index (χ0v) is 21.2. The molecular formula is C35H26O4. The van der Waals surface area contributed by atoms with Crippen LogP contribution in [0, 0.1) is 0 Å². The maximum absolute atomic E-state index is 9.76. The standard InChI is InChI=1S/C35H26O4/c36-38-21-25-19-17-23-9-1-3-11-27(23)33(25)35(31-15-7-5-13-29(31)30-14-6-8-16-32(30)35)34-26(22-39-37)20-18-24-10-2-4-12-28(24)34/h1-20,36-37H,21-22H2. The Morgan fingerprint density at radius 1 is 0.462 bits per heavy atom. The van der Waals surface area contributed by atoms with Crippen LogP contribution in [0.2, 0.25) is 0 Å². The van der Waals surface area contributed by atoms with Gasteiger partial charge < -0.3 is 0 Å². The van der Waals surface area contributed by atoms with Crippen molar-refractivity contribution in [3.63, 3.8) is 0 Å². The van der Waals surface area contributed by atoms with Crippen molar-refractivity contribution in [2.24, 2.45) is 0 Å². The molecule has 0 unspecified atom stereocenters. The molecular weight excluding hydrogens is 484 g/mol. The van der Waals surface area contributed by atoms with Crippen LogP contribution in [-0.2, 0) is 28.4 Å². The van der Waals surface area contributed by atoms with Gasteiger partial charge in [0, 0.05) is 0 Å². The molecule has 190 valence electrons. The minimum absolute atomic E-state index is 0.0306. The molecule has 39 heavy (non-hydrogen) atoms. The van der Waals surface area contributed by atoms with Crippen molar-refractivity contribution in [3.8, 4) is 11.1 Å². The Balaban J connectivity index is 1.79. The van der Waals surface area contributed by atoms with E-state index >= 15 is 0 Å². The van der Waals surface area contributed by atoms with Gasteiger partial charge in [-0.25, -0.2) is 9.78 Å². The van der Waals surface area contributed by atoms with E-state index in [1.165, 1.54) is 0 Å². The SMILES string of the molecule is OOCc1ccc2ccccc2c1C1(c2c(COO)ccc3ccccc23)c2ccccc2-c2ccccc21. The third-order valence-corrected chi connectivity index (χ3v) is 8.17. The summed E-state index contributed by atoms with van der Waals surface area (Å²) in [5, 5.41) is 23.9. The lowest BCUT2D eigenvalue weighted by molar-refractivity contribution is -0.253. The van der Waals surface area contributed by atoms with E-state index < -0.39 is 5.41 Å². The van der Waals surface area contributed by atoms with Crippen molar-refractivity contribution < 1.29 is 20.3 Å². The zero-order valence-electron chi connectivity index (χ0n) is 21.2. The summed E-state index contributed by atoms with van der Waals surface area (Å²) in [6, 6.07) is 42.0. The van der Waals surface area contributed by atoms with Crippen molar-refractivity contribution in [2.45, 2.75) is 18.6 Å². The van der Waals surface area contributed by atoms with Crippen LogP contribution in [0.15, 0.2) is 121 Å². The Labute approximate surface area is 226 Å². The van der Waals surface area contributed by atoms with Crippen LogP contribution in [0.5, 0.6) is 0 Å². The molecule has 4 nitrogen and oxygen atoms in total. The number of fused-ring (bicyclic) bond motifs is 5. The monoisotopic (exact) mass is 510 g/mol.